The predicted octanol–water partition coefficient (Wildman–Crippen LogP) is 5.20. The minimum Gasteiger partial charge on any atom is -0.437 e. The molecule has 250 valence electrons. The van der Waals surface area contributed by atoms with Crippen LogP contribution >= 0.6 is 23.2 Å². The number of ether oxygens (including phenoxy) is 8. The number of hydrogen-bond donors (Lipinski definition) is 0. The topological polar surface area (TPSA) is 183 Å². The number of benzene rings is 2. The fourth-order valence-electron chi connectivity index (χ4n) is 3.71. The summed E-state index contributed by atoms with van der Waals surface area (Å²) in [4.78, 5) is 76.9. The van der Waals surface area contributed by atoms with Gasteiger partial charge in [0, 0.05) is 48.9 Å². The Morgan fingerprint density at radius 3 is 1.39 bits per heavy atom. The van der Waals surface area contributed by atoms with Gasteiger partial charge in [0.05, 0.1) is 39.6 Å². The Bertz CT molecular complexity index is 1480. The van der Waals surface area contributed by atoms with Gasteiger partial charge in [0.15, 0.2) is 23.0 Å². The minimum atomic E-state index is -1.21. The maximum atomic E-state index is 13.6. The van der Waals surface area contributed by atoms with Gasteiger partial charge in [0.1, 0.15) is 0 Å². The highest BCUT2D eigenvalue weighted by Gasteiger charge is 2.28. The van der Waals surface area contributed by atoms with E-state index in [4.69, 9.17) is 42.1 Å². The number of rotatable bonds is 11. The second-order valence-corrected chi connectivity index (χ2v) is 9.62. The van der Waals surface area contributed by atoms with Crippen LogP contribution in [0.15, 0.2) is 24.3 Å². The van der Waals surface area contributed by atoms with Crippen molar-refractivity contribution in [1.29, 1.82) is 0 Å². The zero-order valence-corrected chi connectivity index (χ0v) is 27.0. The Labute approximate surface area is 272 Å². The van der Waals surface area contributed by atoms with Crippen LogP contribution in [0.3, 0.4) is 0 Å². The minimum absolute atomic E-state index is 0.0251. The van der Waals surface area contributed by atoms with Crippen molar-refractivity contribution in [3.63, 3.8) is 0 Å². The van der Waals surface area contributed by atoms with Crippen molar-refractivity contribution in [2.45, 2.75) is 13.3 Å². The van der Waals surface area contributed by atoms with Crippen molar-refractivity contribution in [1.82, 2.24) is 9.80 Å². The summed E-state index contributed by atoms with van der Waals surface area (Å²) in [5.41, 5.74) is -0.478. The van der Waals surface area contributed by atoms with Crippen molar-refractivity contribution < 1.29 is 66.7 Å². The van der Waals surface area contributed by atoms with Crippen LogP contribution in [0.1, 0.15) is 34.1 Å². The first kappa shape index (κ1) is 37.2. The highest BCUT2D eigenvalue weighted by atomic mass is 35.5. The monoisotopic (exact) mass is 688 g/mol. The summed E-state index contributed by atoms with van der Waals surface area (Å²) in [6, 6.07) is 4.68. The van der Waals surface area contributed by atoms with Crippen LogP contribution < -0.4 is 18.9 Å². The molecule has 2 aromatic carbocycles. The second kappa shape index (κ2) is 17.5. The van der Waals surface area contributed by atoms with E-state index < -0.39 is 47.9 Å². The molecule has 46 heavy (non-hydrogen) atoms. The van der Waals surface area contributed by atoms with Gasteiger partial charge in [0.25, 0.3) is 11.8 Å². The summed E-state index contributed by atoms with van der Waals surface area (Å²) in [5.74, 6) is -3.02. The van der Waals surface area contributed by atoms with Crippen LogP contribution in [0.5, 0.6) is 23.0 Å². The first-order valence-electron chi connectivity index (χ1n) is 13.0. The first-order chi connectivity index (χ1) is 21.8. The molecule has 0 saturated carbocycles. The summed E-state index contributed by atoms with van der Waals surface area (Å²) >= 11 is 12.3. The molecule has 0 bridgehead atoms. The normalized spacial score (nSPS) is 10.2. The summed E-state index contributed by atoms with van der Waals surface area (Å²) < 4.78 is 38.2. The molecule has 0 atom stereocenters. The summed E-state index contributed by atoms with van der Waals surface area (Å²) in [6.07, 6.45) is -4.54. The summed E-state index contributed by atoms with van der Waals surface area (Å²) in [7, 11) is 5.60. The number of nitrogens with zero attached hydrogens (tertiary/aromatic N) is 2. The number of methoxy groups -OCH3 is 4. The molecule has 0 radical (unpaired) electrons. The number of halogens is 2. The van der Waals surface area contributed by atoms with Crippen molar-refractivity contribution in [3.8, 4) is 23.0 Å². The Morgan fingerprint density at radius 1 is 0.609 bits per heavy atom. The van der Waals surface area contributed by atoms with Gasteiger partial charge < -0.3 is 47.7 Å². The standard InChI is InChI=1S/C28H30Cl2N2O14/c1-7-32(24(34)18-12-16(30)14-20(44-26(36)40-4)22(18)46-28(38)42-6)10-8-9-31(2)23(33)17-11-15(29)13-19(43-25(35)39-3)21(17)45-27(37)41-5/h11-14H,7-10H2,1-6H3. The van der Waals surface area contributed by atoms with E-state index in [0.717, 1.165) is 40.6 Å². The molecule has 0 saturated heterocycles. The maximum absolute atomic E-state index is 13.6. The highest BCUT2D eigenvalue weighted by molar-refractivity contribution is 6.31. The number of amides is 2. The molecule has 0 aliphatic rings. The van der Waals surface area contributed by atoms with Crippen LogP contribution in [0.4, 0.5) is 19.2 Å². The van der Waals surface area contributed by atoms with Crippen molar-refractivity contribution in [3.05, 3.63) is 45.4 Å². The molecule has 0 heterocycles. The molecule has 18 heteroatoms. The third-order valence-electron chi connectivity index (χ3n) is 5.86. The molecule has 0 spiro atoms. The fourth-order valence-corrected chi connectivity index (χ4v) is 4.13. The summed E-state index contributed by atoms with van der Waals surface area (Å²) in [6.45, 7) is 1.96. The zero-order valence-electron chi connectivity index (χ0n) is 25.5. The van der Waals surface area contributed by atoms with E-state index in [1.165, 1.54) is 29.0 Å². The van der Waals surface area contributed by atoms with Gasteiger partial charge in [-0.25, -0.2) is 19.2 Å². The van der Waals surface area contributed by atoms with E-state index in [2.05, 4.69) is 18.9 Å². The van der Waals surface area contributed by atoms with Crippen LogP contribution in [0.2, 0.25) is 10.0 Å². The second-order valence-electron chi connectivity index (χ2n) is 8.75. The van der Waals surface area contributed by atoms with Gasteiger partial charge in [-0.3, -0.25) is 9.59 Å². The molecule has 2 amide bonds. The van der Waals surface area contributed by atoms with Gasteiger partial charge in [-0.2, -0.15) is 0 Å². The largest absolute Gasteiger partial charge is 0.513 e. The SMILES string of the molecule is CCN(CCCN(C)C(=O)c1cc(Cl)cc(OC(=O)OC)c1OC(=O)OC)C(=O)c1cc(Cl)cc(OC(=O)OC)c1OC(=O)OC. The molecule has 0 N–H and O–H groups in total. The third kappa shape index (κ3) is 10.0. The van der Waals surface area contributed by atoms with E-state index in [-0.39, 0.29) is 58.7 Å². The van der Waals surface area contributed by atoms with Crippen molar-refractivity contribution in [2.24, 2.45) is 0 Å². The molecule has 16 nitrogen and oxygen atoms in total. The molecule has 2 aromatic rings. The van der Waals surface area contributed by atoms with Gasteiger partial charge in [0.2, 0.25) is 0 Å². The fraction of sp³-hybridized carbons (Fsp3) is 0.357. The Hall–Kier alpha value is -4.96. The van der Waals surface area contributed by atoms with E-state index in [1.54, 1.807) is 6.92 Å². The number of hydrogen-bond acceptors (Lipinski definition) is 14. The molecule has 0 aliphatic heterocycles. The molecular formula is C28H30Cl2N2O14. The van der Waals surface area contributed by atoms with E-state index in [9.17, 15) is 28.8 Å². The van der Waals surface area contributed by atoms with Crippen molar-refractivity contribution >= 4 is 59.6 Å². The first-order valence-corrected chi connectivity index (χ1v) is 13.8. The lowest BCUT2D eigenvalue weighted by Gasteiger charge is -2.25. The molecule has 0 fully saturated rings. The maximum Gasteiger partial charge on any atom is 0.513 e. The van der Waals surface area contributed by atoms with Gasteiger partial charge in [-0.05, 0) is 25.5 Å². The van der Waals surface area contributed by atoms with E-state index in [1.807, 2.05) is 0 Å². The average Bonchev–Trinajstić information content (AvgIpc) is 3.03. The smallest absolute Gasteiger partial charge is 0.437 e. The molecule has 0 aliphatic carbocycles. The third-order valence-corrected chi connectivity index (χ3v) is 6.30. The van der Waals surface area contributed by atoms with E-state index in [0.29, 0.717) is 0 Å². The van der Waals surface area contributed by atoms with Crippen LogP contribution in [-0.4, -0.2) is 101 Å². The predicted molar refractivity (Wildman–Crippen MR) is 158 cm³/mol. The number of carbonyl (C=O) groups is 6. The lowest BCUT2D eigenvalue weighted by molar-refractivity contribution is 0.0734. The molecular weight excluding hydrogens is 659 g/mol. The van der Waals surface area contributed by atoms with Gasteiger partial charge in [-0.1, -0.05) is 23.2 Å². The Kier molecular flexibility index (Phi) is 14.2. The zero-order chi connectivity index (χ0) is 34.6. The van der Waals surface area contributed by atoms with Crippen LogP contribution in [-0.2, 0) is 18.9 Å². The summed E-state index contributed by atoms with van der Waals surface area (Å²) in [5, 5.41) is -0.0550. The lowest BCUT2D eigenvalue weighted by atomic mass is 10.1. The highest BCUT2D eigenvalue weighted by Crippen LogP contribution is 2.38. The van der Waals surface area contributed by atoms with Gasteiger partial charge in [-0.15, -0.1) is 0 Å². The van der Waals surface area contributed by atoms with Crippen LogP contribution in [0, 0.1) is 0 Å². The van der Waals surface area contributed by atoms with Crippen LogP contribution in [0.25, 0.3) is 0 Å². The van der Waals surface area contributed by atoms with E-state index >= 15 is 0 Å². The van der Waals surface area contributed by atoms with Crippen molar-refractivity contribution in [2.75, 3.05) is 55.1 Å². The lowest BCUT2D eigenvalue weighted by Crippen LogP contribution is -2.35. The molecule has 2 rings (SSSR count). The quantitative estimate of drug-likeness (QED) is 0.170. The van der Waals surface area contributed by atoms with Gasteiger partial charge >= 0.3 is 24.6 Å². The molecule has 0 unspecified atom stereocenters. The Morgan fingerprint density at radius 2 is 1.00 bits per heavy atom. The average molecular weight is 689 g/mol. The number of carbonyl (C=O) groups excluding carboxylic acids is 6. The Balaban J connectivity index is 2.32. The molecule has 0 aromatic heterocycles.